The highest BCUT2D eigenvalue weighted by Gasteiger charge is 2.33. The minimum atomic E-state index is -2.98. The van der Waals surface area contributed by atoms with E-state index in [4.69, 9.17) is 21.3 Å². The minimum absolute atomic E-state index is 0.0227. The predicted octanol–water partition coefficient (Wildman–Crippen LogP) is 3.42. The number of fused-ring (bicyclic) bond motifs is 1. The molecule has 4 rings (SSSR count). The van der Waals surface area contributed by atoms with Crippen molar-refractivity contribution in [3.05, 3.63) is 58.9 Å². The van der Waals surface area contributed by atoms with E-state index >= 15 is 0 Å². The lowest BCUT2D eigenvalue weighted by molar-refractivity contribution is 0.188. The third kappa shape index (κ3) is 4.42. The lowest BCUT2D eigenvalue weighted by Crippen LogP contribution is -2.36. The SMILES string of the molecule is COc1ccc(CN(Cc2nc3cc(Cl)ccc3n2C)C2CCS(=O)(=O)C2)cc1. The molecular weight excluding hydrogens is 410 g/mol. The summed E-state index contributed by atoms with van der Waals surface area (Å²) in [5.41, 5.74) is 2.96. The number of aryl methyl sites for hydroxylation is 1. The molecule has 1 atom stereocenters. The number of sulfone groups is 1. The zero-order valence-corrected chi connectivity index (χ0v) is 18.1. The summed E-state index contributed by atoms with van der Waals surface area (Å²) in [5.74, 6) is 2.13. The molecule has 0 bridgehead atoms. The van der Waals surface area contributed by atoms with E-state index in [1.807, 2.05) is 49.5 Å². The first-order chi connectivity index (χ1) is 13.8. The van der Waals surface area contributed by atoms with Crippen LogP contribution in [0.3, 0.4) is 0 Å². The van der Waals surface area contributed by atoms with Crippen molar-refractivity contribution >= 4 is 32.5 Å². The van der Waals surface area contributed by atoms with Crippen LogP contribution in [-0.4, -0.2) is 47.5 Å². The fourth-order valence-corrected chi connectivity index (χ4v) is 5.82. The molecule has 8 heteroatoms. The Balaban J connectivity index is 1.63. The third-order valence-electron chi connectivity index (χ3n) is 5.55. The van der Waals surface area contributed by atoms with Gasteiger partial charge in [-0.3, -0.25) is 4.90 Å². The summed E-state index contributed by atoms with van der Waals surface area (Å²) < 4.78 is 31.5. The van der Waals surface area contributed by atoms with Gasteiger partial charge in [-0.2, -0.15) is 0 Å². The summed E-state index contributed by atoms with van der Waals surface area (Å²) in [7, 11) is 0.641. The molecule has 1 fully saturated rings. The molecule has 1 unspecified atom stereocenters. The number of ether oxygens (including phenoxy) is 1. The molecule has 1 saturated heterocycles. The first-order valence-electron chi connectivity index (χ1n) is 9.53. The number of methoxy groups -OCH3 is 1. The summed E-state index contributed by atoms with van der Waals surface area (Å²) >= 11 is 6.12. The van der Waals surface area contributed by atoms with Gasteiger partial charge in [0.15, 0.2) is 9.84 Å². The maximum atomic E-state index is 12.1. The van der Waals surface area contributed by atoms with Gasteiger partial charge in [-0.25, -0.2) is 13.4 Å². The Kier molecular flexibility index (Phi) is 5.55. The smallest absolute Gasteiger partial charge is 0.151 e. The van der Waals surface area contributed by atoms with Crippen LogP contribution in [0.5, 0.6) is 5.75 Å². The maximum Gasteiger partial charge on any atom is 0.151 e. The number of rotatable bonds is 6. The molecule has 0 saturated carbocycles. The van der Waals surface area contributed by atoms with E-state index in [2.05, 4.69) is 9.47 Å². The zero-order chi connectivity index (χ0) is 20.6. The Bertz CT molecular complexity index is 1130. The summed E-state index contributed by atoms with van der Waals surface area (Å²) in [6.45, 7) is 1.21. The molecular formula is C21H24ClN3O3S. The van der Waals surface area contributed by atoms with Crippen molar-refractivity contribution in [2.75, 3.05) is 18.6 Å². The van der Waals surface area contributed by atoms with Gasteiger partial charge in [0.2, 0.25) is 0 Å². The van der Waals surface area contributed by atoms with Gasteiger partial charge < -0.3 is 9.30 Å². The standard InChI is InChI=1S/C21H24ClN3O3S/c1-24-20-8-5-16(22)11-19(20)23-21(24)13-25(17-9-10-29(26,27)14-17)12-15-3-6-18(28-2)7-4-15/h3-8,11,17H,9-10,12-14H2,1-2H3. The van der Waals surface area contributed by atoms with Gasteiger partial charge in [-0.05, 0) is 42.3 Å². The predicted molar refractivity (Wildman–Crippen MR) is 115 cm³/mol. The monoisotopic (exact) mass is 433 g/mol. The summed E-state index contributed by atoms with van der Waals surface area (Å²) in [5, 5.41) is 0.652. The molecule has 1 aliphatic rings. The van der Waals surface area contributed by atoms with Crippen LogP contribution in [0, 0.1) is 0 Å². The third-order valence-corrected chi connectivity index (χ3v) is 7.53. The molecule has 2 aromatic carbocycles. The number of hydrogen-bond donors (Lipinski definition) is 0. The molecule has 29 heavy (non-hydrogen) atoms. The molecule has 0 N–H and O–H groups in total. The zero-order valence-electron chi connectivity index (χ0n) is 16.5. The van der Waals surface area contributed by atoms with Crippen LogP contribution in [0.4, 0.5) is 0 Å². The highest BCUT2D eigenvalue weighted by molar-refractivity contribution is 7.91. The number of nitrogens with zero attached hydrogens (tertiary/aromatic N) is 3. The van der Waals surface area contributed by atoms with Crippen molar-refractivity contribution in [1.82, 2.24) is 14.5 Å². The van der Waals surface area contributed by atoms with Crippen LogP contribution in [0.1, 0.15) is 17.8 Å². The summed E-state index contributed by atoms with van der Waals surface area (Å²) in [6, 6.07) is 13.5. The van der Waals surface area contributed by atoms with E-state index in [0.29, 0.717) is 24.5 Å². The molecule has 154 valence electrons. The van der Waals surface area contributed by atoms with Crippen molar-refractivity contribution in [3.8, 4) is 5.75 Å². The lowest BCUT2D eigenvalue weighted by atomic mass is 10.1. The second-order valence-corrected chi connectivity index (χ2v) is 10.2. The van der Waals surface area contributed by atoms with Crippen LogP contribution in [0.2, 0.25) is 5.02 Å². The molecule has 2 heterocycles. The van der Waals surface area contributed by atoms with E-state index in [1.165, 1.54) is 0 Å². The molecule has 3 aromatic rings. The Morgan fingerprint density at radius 3 is 2.62 bits per heavy atom. The number of imidazole rings is 1. The van der Waals surface area contributed by atoms with Gasteiger partial charge in [-0.15, -0.1) is 0 Å². The van der Waals surface area contributed by atoms with E-state index in [0.717, 1.165) is 28.2 Å². The molecule has 1 aromatic heterocycles. The Hall–Kier alpha value is -2.09. The maximum absolute atomic E-state index is 12.1. The van der Waals surface area contributed by atoms with Gasteiger partial charge >= 0.3 is 0 Å². The quantitative estimate of drug-likeness (QED) is 0.596. The number of halogens is 1. The normalized spacial score (nSPS) is 18.6. The molecule has 0 aliphatic carbocycles. The highest BCUT2D eigenvalue weighted by Crippen LogP contribution is 2.25. The van der Waals surface area contributed by atoms with Crippen molar-refractivity contribution < 1.29 is 13.2 Å². The first-order valence-corrected chi connectivity index (χ1v) is 11.7. The average molecular weight is 434 g/mol. The number of benzene rings is 2. The lowest BCUT2D eigenvalue weighted by Gasteiger charge is -2.28. The summed E-state index contributed by atoms with van der Waals surface area (Å²) in [4.78, 5) is 6.97. The van der Waals surface area contributed by atoms with Crippen LogP contribution in [-0.2, 0) is 30.0 Å². The van der Waals surface area contributed by atoms with E-state index in [-0.39, 0.29) is 17.5 Å². The molecule has 1 aliphatic heterocycles. The average Bonchev–Trinajstić information content (AvgIpc) is 3.20. The fraction of sp³-hybridized carbons (Fsp3) is 0.381. The largest absolute Gasteiger partial charge is 0.497 e. The Labute approximate surface area is 176 Å². The van der Waals surface area contributed by atoms with Gasteiger partial charge in [0.1, 0.15) is 11.6 Å². The van der Waals surface area contributed by atoms with Gasteiger partial charge in [0.25, 0.3) is 0 Å². The molecule has 6 nitrogen and oxygen atoms in total. The second-order valence-electron chi connectivity index (χ2n) is 7.53. The Morgan fingerprint density at radius 2 is 1.97 bits per heavy atom. The Morgan fingerprint density at radius 1 is 1.21 bits per heavy atom. The van der Waals surface area contributed by atoms with Gasteiger partial charge in [0, 0.05) is 24.7 Å². The van der Waals surface area contributed by atoms with Crippen molar-refractivity contribution in [1.29, 1.82) is 0 Å². The first kappa shape index (κ1) is 20.2. The van der Waals surface area contributed by atoms with Gasteiger partial charge in [-0.1, -0.05) is 23.7 Å². The molecule has 0 amide bonds. The van der Waals surface area contributed by atoms with Crippen molar-refractivity contribution in [2.24, 2.45) is 7.05 Å². The second kappa shape index (κ2) is 7.97. The van der Waals surface area contributed by atoms with Crippen LogP contribution < -0.4 is 4.74 Å². The highest BCUT2D eigenvalue weighted by atomic mass is 35.5. The number of hydrogen-bond acceptors (Lipinski definition) is 5. The van der Waals surface area contributed by atoms with Crippen LogP contribution in [0.15, 0.2) is 42.5 Å². The van der Waals surface area contributed by atoms with Crippen molar-refractivity contribution in [3.63, 3.8) is 0 Å². The molecule has 0 radical (unpaired) electrons. The molecule has 0 spiro atoms. The van der Waals surface area contributed by atoms with Crippen molar-refractivity contribution in [2.45, 2.75) is 25.6 Å². The summed E-state index contributed by atoms with van der Waals surface area (Å²) in [6.07, 6.45) is 0.647. The van der Waals surface area contributed by atoms with Crippen LogP contribution in [0.25, 0.3) is 11.0 Å². The fourth-order valence-electron chi connectivity index (χ4n) is 3.89. The van der Waals surface area contributed by atoms with E-state index in [1.54, 1.807) is 7.11 Å². The van der Waals surface area contributed by atoms with E-state index in [9.17, 15) is 8.42 Å². The van der Waals surface area contributed by atoms with Crippen LogP contribution >= 0.6 is 11.6 Å². The van der Waals surface area contributed by atoms with E-state index < -0.39 is 9.84 Å². The number of aromatic nitrogens is 2. The van der Waals surface area contributed by atoms with Gasteiger partial charge in [0.05, 0.1) is 36.2 Å². The topological polar surface area (TPSA) is 64.4 Å². The minimum Gasteiger partial charge on any atom is -0.497 e.